The average molecular weight is 414 g/mol. The van der Waals surface area contributed by atoms with Crippen molar-refractivity contribution in [3.05, 3.63) is 57.3 Å². The Labute approximate surface area is 163 Å². The van der Waals surface area contributed by atoms with E-state index in [-0.39, 0.29) is 12.3 Å². The Morgan fingerprint density at radius 1 is 1.11 bits per heavy atom. The Balaban J connectivity index is 2.10. The van der Waals surface area contributed by atoms with E-state index in [0.717, 1.165) is 12.1 Å². The SMILES string of the molecule is CO/N=C(\C(=O)OC)c1sccc1CON=C(C)c1ccc(C(F)(F)F)cc1. The molecule has 150 valence electrons. The second kappa shape index (κ2) is 9.36. The number of thiophene rings is 1. The number of carbonyl (C=O) groups excluding carboxylic acids is 1. The first kappa shape index (κ1) is 21.4. The molecule has 1 aromatic heterocycles. The van der Waals surface area contributed by atoms with E-state index >= 15 is 0 Å². The van der Waals surface area contributed by atoms with Crippen molar-refractivity contribution in [3.8, 4) is 0 Å². The first-order valence-electron chi connectivity index (χ1n) is 7.88. The van der Waals surface area contributed by atoms with Crippen LogP contribution in [0.3, 0.4) is 0 Å². The summed E-state index contributed by atoms with van der Waals surface area (Å²) in [4.78, 5) is 22.3. The van der Waals surface area contributed by atoms with Crippen molar-refractivity contribution in [3.63, 3.8) is 0 Å². The third-order valence-corrected chi connectivity index (χ3v) is 4.54. The predicted molar refractivity (Wildman–Crippen MR) is 98.3 cm³/mol. The topological polar surface area (TPSA) is 69.5 Å². The number of hydrogen-bond donors (Lipinski definition) is 0. The Hall–Kier alpha value is -2.88. The molecule has 0 N–H and O–H groups in total. The number of hydrogen-bond acceptors (Lipinski definition) is 7. The van der Waals surface area contributed by atoms with Gasteiger partial charge in [-0.1, -0.05) is 22.4 Å². The van der Waals surface area contributed by atoms with Gasteiger partial charge >= 0.3 is 12.1 Å². The minimum atomic E-state index is -4.39. The molecule has 0 radical (unpaired) electrons. The molecule has 2 aromatic rings. The number of alkyl halides is 3. The summed E-state index contributed by atoms with van der Waals surface area (Å²) in [7, 11) is 2.54. The minimum Gasteiger partial charge on any atom is -0.464 e. The highest BCUT2D eigenvalue weighted by atomic mass is 32.1. The van der Waals surface area contributed by atoms with E-state index in [1.54, 1.807) is 18.4 Å². The monoisotopic (exact) mass is 414 g/mol. The first-order chi connectivity index (χ1) is 13.3. The van der Waals surface area contributed by atoms with Gasteiger partial charge in [0.25, 0.3) is 0 Å². The van der Waals surface area contributed by atoms with Crippen molar-refractivity contribution in [1.29, 1.82) is 0 Å². The molecule has 0 aliphatic rings. The predicted octanol–water partition coefficient (Wildman–Crippen LogP) is 4.23. The lowest BCUT2D eigenvalue weighted by atomic mass is 10.1. The number of halogens is 3. The summed E-state index contributed by atoms with van der Waals surface area (Å²) in [6, 6.07) is 6.34. The number of methoxy groups -OCH3 is 1. The molecule has 0 saturated heterocycles. The van der Waals surface area contributed by atoms with E-state index in [1.807, 2.05) is 0 Å². The smallest absolute Gasteiger partial charge is 0.416 e. The Morgan fingerprint density at radius 2 is 1.79 bits per heavy atom. The van der Waals surface area contributed by atoms with Crippen molar-refractivity contribution in [2.45, 2.75) is 19.7 Å². The molecule has 1 heterocycles. The van der Waals surface area contributed by atoms with Crippen LogP contribution in [0.1, 0.15) is 28.5 Å². The molecule has 0 amide bonds. The molecule has 0 aliphatic carbocycles. The lowest BCUT2D eigenvalue weighted by molar-refractivity contribution is -0.137. The van der Waals surface area contributed by atoms with Gasteiger partial charge in [0.1, 0.15) is 13.7 Å². The number of nitrogens with zero attached hydrogens (tertiary/aromatic N) is 2. The van der Waals surface area contributed by atoms with Crippen LogP contribution in [-0.2, 0) is 32.0 Å². The third kappa shape index (κ3) is 5.32. The molecular formula is C18H17F3N2O4S. The van der Waals surface area contributed by atoms with Gasteiger partial charge in [0, 0.05) is 5.56 Å². The normalized spacial score (nSPS) is 12.6. The molecule has 0 saturated carbocycles. The fourth-order valence-electron chi connectivity index (χ4n) is 2.17. The maximum atomic E-state index is 12.6. The van der Waals surface area contributed by atoms with Crippen LogP contribution < -0.4 is 0 Å². The highest BCUT2D eigenvalue weighted by Gasteiger charge is 2.30. The summed E-state index contributed by atoms with van der Waals surface area (Å²) >= 11 is 1.25. The minimum absolute atomic E-state index is 0.00189. The molecule has 2 rings (SSSR count). The molecule has 0 fully saturated rings. The van der Waals surface area contributed by atoms with Gasteiger partial charge in [-0.05, 0) is 36.1 Å². The number of esters is 1. The lowest BCUT2D eigenvalue weighted by Gasteiger charge is -2.08. The Kier molecular flexibility index (Phi) is 7.16. The van der Waals surface area contributed by atoms with Crippen LogP contribution in [0.4, 0.5) is 13.2 Å². The van der Waals surface area contributed by atoms with Crippen molar-refractivity contribution in [2.75, 3.05) is 14.2 Å². The van der Waals surface area contributed by atoms with Gasteiger partial charge in [0.05, 0.1) is 23.3 Å². The van der Waals surface area contributed by atoms with Gasteiger partial charge in [-0.15, -0.1) is 11.3 Å². The standard InChI is InChI=1S/C18H17F3N2O4S/c1-11(12-4-6-14(7-5-12)18(19,20)21)22-27-10-13-8-9-28-16(13)15(23-26-3)17(24)25-2/h4-9H,10H2,1-3H3/b22-11?,23-15-. The molecule has 28 heavy (non-hydrogen) atoms. The van der Waals surface area contributed by atoms with Crippen LogP contribution in [0.2, 0.25) is 0 Å². The van der Waals surface area contributed by atoms with Gasteiger partial charge in [0.2, 0.25) is 5.71 Å². The number of benzene rings is 1. The second-order valence-electron chi connectivity index (χ2n) is 5.41. The van der Waals surface area contributed by atoms with Crippen molar-refractivity contribution in [1.82, 2.24) is 0 Å². The Morgan fingerprint density at radius 3 is 2.36 bits per heavy atom. The average Bonchev–Trinajstić information content (AvgIpc) is 3.13. The summed E-state index contributed by atoms with van der Waals surface area (Å²) < 4.78 is 42.5. The zero-order chi connectivity index (χ0) is 20.7. The van der Waals surface area contributed by atoms with Crippen LogP contribution in [-0.4, -0.2) is 31.6 Å². The van der Waals surface area contributed by atoms with Crippen molar-refractivity contribution < 1.29 is 32.4 Å². The van der Waals surface area contributed by atoms with E-state index < -0.39 is 17.7 Å². The quantitative estimate of drug-likeness (QED) is 0.386. The highest BCUT2D eigenvalue weighted by molar-refractivity contribution is 7.13. The summed E-state index contributed by atoms with van der Waals surface area (Å²) in [5.74, 6) is -0.657. The first-order valence-corrected chi connectivity index (χ1v) is 8.76. The second-order valence-corrected chi connectivity index (χ2v) is 6.33. The summed E-state index contributed by atoms with van der Waals surface area (Å²) in [6.07, 6.45) is -4.39. The zero-order valence-electron chi connectivity index (χ0n) is 15.2. The zero-order valence-corrected chi connectivity index (χ0v) is 16.1. The van der Waals surface area contributed by atoms with Gasteiger partial charge in [-0.25, -0.2) is 4.79 Å². The lowest BCUT2D eigenvalue weighted by Crippen LogP contribution is -2.17. The van der Waals surface area contributed by atoms with Gasteiger partial charge in [0.15, 0.2) is 0 Å². The van der Waals surface area contributed by atoms with Crippen LogP contribution in [0.25, 0.3) is 0 Å². The summed E-state index contributed by atoms with van der Waals surface area (Å²) in [6.45, 7) is 1.64. The van der Waals surface area contributed by atoms with E-state index in [2.05, 4.69) is 19.9 Å². The van der Waals surface area contributed by atoms with Gasteiger partial charge in [-0.2, -0.15) is 13.2 Å². The summed E-state index contributed by atoms with van der Waals surface area (Å²) in [5.41, 5.74) is 0.803. The largest absolute Gasteiger partial charge is 0.464 e. The Bertz CT molecular complexity index is 874. The van der Waals surface area contributed by atoms with Crippen LogP contribution in [0.15, 0.2) is 46.0 Å². The van der Waals surface area contributed by atoms with Crippen LogP contribution >= 0.6 is 11.3 Å². The molecule has 0 aliphatic heterocycles. The van der Waals surface area contributed by atoms with Crippen LogP contribution in [0, 0.1) is 0 Å². The number of rotatable bonds is 7. The third-order valence-electron chi connectivity index (χ3n) is 3.57. The highest BCUT2D eigenvalue weighted by Crippen LogP contribution is 2.29. The number of oxime groups is 2. The molecule has 6 nitrogen and oxygen atoms in total. The van der Waals surface area contributed by atoms with Gasteiger partial charge < -0.3 is 14.4 Å². The molecule has 10 heteroatoms. The van der Waals surface area contributed by atoms with Gasteiger partial charge in [-0.3, -0.25) is 0 Å². The van der Waals surface area contributed by atoms with Crippen LogP contribution in [0.5, 0.6) is 0 Å². The van der Waals surface area contributed by atoms with E-state index in [1.165, 1.54) is 37.7 Å². The van der Waals surface area contributed by atoms with E-state index in [4.69, 9.17) is 4.84 Å². The fourth-order valence-corrected chi connectivity index (χ4v) is 3.05. The van der Waals surface area contributed by atoms with Crippen molar-refractivity contribution in [2.24, 2.45) is 10.3 Å². The molecule has 0 atom stereocenters. The molecule has 1 aromatic carbocycles. The maximum absolute atomic E-state index is 12.6. The van der Waals surface area contributed by atoms with E-state index in [9.17, 15) is 18.0 Å². The number of carbonyl (C=O) groups is 1. The van der Waals surface area contributed by atoms with E-state index in [0.29, 0.717) is 21.7 Å². The molecular weight excluding hydrogens is 397 g/mol. The molecule has 0 spiro atoms. The van der Waals surface area contributed by atoms with Crippen molar-refractivity contribution >= 4 is 28.7 Å². The number of ether oxygens (including phenoxy) is 1. The molecule has 0 bridgehead atoms. The molecule has 0 unspecified atom stereocenters. The maximum Gasteiger partial charge on any atom is 0.416 e. The summed E-state index contributed by atoms with van der Waals surface area (Å²) in [5, 5.41) is 9.36. The fraction of sp³-hybridized carbons (Fsp3) is 0.278.